The van der Waals surface area contributed by atoms with E-state index in [0.29, 0.717) is 0 Å². The van der Waals surface area contributed by atoms with Crippen LogP contribution in [0.25, 0.3) is 6.08 Å². The Morgan fingerprint density at radius 1 is 1.20 bits per heavy atom. The first-order valence-electron chi connectivity index (χ1n) is 7.88. The maximum absolute atomic E-state index is 3.52. The Bertz CT molecular complexity index is 416. The van der Waals surface area contributed by atoms with Gasteiger partial charge in [-0.05, 0) is 49.3 Å². The van der Waals surface area contributed by atoms with Crippen LogP contribution in [-0.2, 0) is 0 Å². The molecule has 0 aliphatic heterocycles. The van der Waals surface area contributed by atoms with Gasteiger partial charge >= 0.3 is 0 Å². The zero-order valence-corrected chi connectivity index (χ0v) is 13.6. The molecule has 0 radical (unpaired) electrons. The maximum Gasteiger partial charge on any atom is 0.0170 e. The summed E-state index contributed by atoms with van der Waals surface area (Å²) < 4.78 is 0. The Kier molecular flexibility index (Phi) is 6.68. The Morgan fingerprint density at radius 2 is 1.90 bits per heavy atom. The monoisotopic (exact) mass is 289 g/mol. The van der Waals surface area contributed by atoms with Gasteiger partial charge in [-0.2, -0.15) is 0 Å². The van der Waals surface area contributed by atoms with Crippen LogP contribution in [0.2, 0.25) is 0 Å². The number of benzene rings is 1. The molecule has 0 aromatic heterocycles. The first-order chi connectivity index (χ1) is 9.83. The summed E-state index contributed by atoms with van der Waals surface area (Å²) in [6.45, 7) is 4.28. The van der Waals surface area contributed by atoms with Crippen LogP contribution in [0.3, 0.4) is 0 Å². The highest BCUT2D eigenvalue weighted by molar-refractivity contribution is 7.98. The summed E-state index contributed by atoms with van der Waals surface area (Å²) in [4.78, 5) is 1.34. The second kappa shape index (κ2) is 8.53. The number of hydrogen-bond acceptors (Lipinski definition) is 2. The van der Waals surface area contributed by atoms with Gasteiger partial charge in [-0.3, -0.25) is 0 Å². The van der Waals surface area contributed by atoms with Crippen molar-refractivity contribution in [2.24, 2.45) is 5.92 Å². The third-order valence-corrected chi connectivity index (χ3v) is 4.92. The SMILES string of the molecule is CCNC/C(=C/c1ccc(SC)cc1)C1CCCCC1. The largest absolute Gasteiger partial charge is 0.313 e. The van der Waals surface area contributed by atoms with Crippen molar-refractivity contribution in [1.29, 1.82) is 0 Å². The molecule has 1 saturated carbocycles. The van der Waals surface area contributed by atoms with Crippen LogP contribution in [0, 0.1) is 5.92 Å². The fourth-order valence-corrected chi connectivity index (χ4v) is 3.38. The van der Waals surface area contributed by atoms with Gasteiger partial charge in [0, 0.05) is 11.4 Å². The molecule has 0 bridgehead atoms. The highest BCUT2D eigenvalue weighted by Crippen LogP contribution is 2.30. The van der Waals surface area contributed by atoms with Gasteiger partial charge in [0.05, 0.1) is 0 Å². The first kappa shape index (κ1) is 15.7. The molecule has 0 spiro atoms. The summed E-state index contributed by atoms with van der Waals surface area (Å²) in [5.41, 5.74) is 2.95. The van der Waals surface area contributed by atoms with Gasteiger partial charge in [0.15, 0.2) is 0 Å². The summed E-state index contributed by atoms with van der Waals surface area (Å²) in [6.07, 6.45) is 11.5. The predicted octanol–water partition coefficient (Wildman–Crippen LogP) is 4.98. The molecule has 1 aromatic rings. The Labute approximate surface area is 128 Å². The molecule has 0 amide bonds. The molecule has 2 heteroatoms. The predicted molar refractivity (Wildman–Crippen MR) is 91.3 cm³/mol. The highest BCUT2D eigenvalue weighted by Gasteiger charge is 2.17. The summed E-state index contributed by atoms with van der Waals surface area (Å²) in [5, 5.41) is 3.52. The zero-order valence-electron chi connectivity index (χ0n) is 12.8. The van der Waals surface area contributed by atoms with Crippen molar-refractivity contribution < 1.29 is 0 Å². The van der Waals surface area contributed by atoms with Gasteiger partial charge in [-0.25, -0.2) is 0 Å². The summed E-state index contributed by atoms with van der Waals surface area (Å²) in [7, 11) is 0. The quantitative estimate of drug-likeness (QED) is 0.741. The smallest absolute Gasteiger partial charge is 0.0170 e. The third-order valence-electron chi connectivity index (χ3n) is 4.18. The molecule has 1 fully saturated rings. The maximum atomic E-state index is 3.52. The second-order valence-corrected chi connectivity index (χ2v) is 6.49. The molecule has 0 unspecified atom stereocenters. The minimum absolute atomic E-state index is 0.794. The van der Waals surface area contributed by atoms with Gasteiger partial charge < -0.3 is 5.32 Å². The lowest BCUT2D eigenvalue weighted by Crippen LogP contribution is -2.22. The van der Waals surface area contributed by atoms with Gasteiger partial charge in [0.2, 0.25) is 0 Å². The Balaban J connectivity index is 2.12. The lowest BCUT2D eigenvalue weighted by molar-refractivity contribution is 0.397. The van der Waals surface area contributed by atoms with Crippen LogP contribution in [0.5, 0.6) is 0 Å². The molecule has 0 saturated heterocycles. The van der Waals surface area contributed by atoms with E-state index in [1.807, 2.05) is 0 Å². The average molecular weight is 289 g/mol. The van der Waals surface area contributed by atoms with E-state index in [0.717, 1.165) is 19.0 Å². The number of rotatable bonds is 6. The van der Waals surface area contributed by atoms with Crippen molar-refractivity contribution in [3.63, 3.8) is 0 Å². The van der Waals surface area contributed by atoms with Crippen LogP contribution in [-0.4, -0.2) is 19.3 Å². The third kappa shape index (κ3) is 4.68. The number of nitrogens with one attached hydrogen (secondary N) is 1. The summed E-state index contributed by atoms with van der Waals surface area (Å²) in [6, 6.07) is 8.95. The van der Waals surface area contributed by atoms with Crippen LogP contribution in [0.4, 0.5) is 0 Å². The van der Waals surface area contributed by atoms with Crippen molar-refractivity contribution in [2.75, 3.05) is 19.3 Å². The minimum Gasteiger partial charge on any atom is -0.313 e. The van der Waals surface area contributed by atoms with Gasteiger partial charge in [0.25, 0.3) is 0 Å². The molecular formula is C18H27NS. The topological polar surface area (TPSA) is 12.0 Å². The van der Waals surface area contributed by atoms with Crippen molar-refractivity contribution in [2.45, 2.75) is 43.9 Å². The van der Waals surface area contributed by atoms with E-state index in [1.54, 1.807) is 17.3 Å². The molecule has 1 N–H and O–H groups in total. The Hall–Kier alpha value is -0.730. The second-order valence-electron chi connectivity index (χ2n) is 5.61. The lowest BCUT2D eigenvalue weighted by Gasteiger charge is -2.25. The van der Waals surface area contributed by atoms with Crippen molar-refractivity contribution in [3.05, 3.63) is 35.4 Å². The van der Waals surface area contributed by atoms with E-state index in [9.17, 15) is 0 Å². The Morgan fingerprint density at radius 3 is 2.50 bits per heavy atom. The highest BCUT2D eigenvalue weighted by atomic mass is 32.2. The zero-order chi connectivity index (χ0) is 14.2. The van der Waals surface area contributed by atoms with Crippen LogP contribution >= 0.6 is 11.8 Å². The van der Waals surface area contributed by atoms with Crippen LogP contribution in [0.1, 0.15) is 44.6 Å². The van der Waals surface area contributed by atoms with Gasteiger partial charge in [0.1, 0.15) is 0 Å². The molecule has 20 heavy (non-hydrogen) atoms. The number of thioether (sulfide) groups is 1. The molecule has 0 heterocycles. The lowest BCUT2D eigenvalue weighted by atomic mass is 9.83. The van der Waals surface area contributed by atoms with E-state index >= 15 is 0 Å². The molecule has 110 valence electrons. The van der Waals surface area contributed by atoms with Gasteiger partial charge in [-0.1, -0.05) is 50.0 Å². The van der Waals surface area contributed by atoms with E-state index in [4.69, 9.17) is 0 Å². The molecule has 1 aliphatic rings. The van der Waals surface area contributed by atoms with E-state index < -0.39 is 0 Å². The molecular weight excluding hydrogens is 262 g/mol. The van der Waals surface area contributed by atoms with E-state index in [1.165, 1.54) is 42.6 Å². The number of likely N-dealkylation sites (N-methyl/N-ethyl adjacent to an activating group) is 1. The first-order valence-corrected chi connectivity index (χ1v) is 9.11. The summed E-state index contributed by atoms with van der Waals surface area (Å²) >= 11 is 1.81. The molecule has 2 rings (SSSR count). The molecule has 1 aromatic carbocycles. The van der Waals surface area contributed by atoms with E-state index in [2.05, 4.69) is 48.8 Å². The van der Waals surface area contributed by atoms with Crippen LogP contribution in [0.15, 0.2) is 34.7 Å². The van der Waals surface area contributed by atoms with Crippen molar-refractivity contribution in [3.8, 4) is 0 Å². The standard InChI is InChI=1S/C18H27NS/c1-3-19-14-17(16-7-5-4-6-8-16)13-15-9-11-18(20-2)12-10-15/h9-13,16,19H,3-8,14H2,1-2H3/b17-13-. The van der Waals surface area contributed by atoms with Gasteiger partial charge in [-0.15, -0.1) is 11.8 Å². The average Bonchev–Trinajstić information content (AvgIpc) is 2.53. The van der Waals surface area contributed by atoms with Crippen molar-refractivity contribution >= 4 is 17.8 Å². The molecule has 1 nitrogen and oxygen atoms in total. The molecule has 1 aliphatic carbocycles. The minimum atomic E-state index is 0.794. The fraction of sp³-hybridized carbons (Fsp3) is 0.556. The fourth-order valence-electron chi connectivity index (χ4n) is 2.97. The summed E-state index contributed by atoms with van der Waals surface area (Å²) in [5.74, 6) is 0.794. The number of hydrogen-bond donors (Lipinski definition) is 1. The van der Waals surface area contributed by atoms with Crippen LogP contribution < -0.4 is 5.32 Å². The normalized spacial score (nSPS) is 17.4. The van der Waals surface area contributed by atoms with E-state index in [-0.39, 0.29) is 0 Å². The molecule has 0 atom stereocenters. The van der Waals surface area contributed by atoms with Crippen molar-refractivity contribution in [1.82, 2.24) is 5.32 Å².